The van der Waals surface area contributed by atoms with Crippen LogP contribution in [0.3, 0.4) is 0 Å². The first-order valence-corrected chi connectivity index (χ1v) is 7.94. The summed E-state index contributed by atoms with van der Waals surface area (Å²) in [6.45, 7) is 4.42. The summed E-state index contributed by atoms with van der Waals surface area (Å²) < 4.78 is 10.3. The highest BCUT2D eigenvalue weighted by molar-refractivity contribution is 7.80. The van der Waals surface area contributed by atoms with Gasteiger partial charge in [0.25, 0.3) is 0 Å². The predicted octanol–water partition coefficient (Wildman–Crippen LogP) is 3.99. The van der Waals surface area contributed by atoms with E-state index in [-0.39, 0.29) is 0 Å². The van der Waals surface area contributed by atoms with Gasteiger partial charge in [0, 0.05) is 5.69 Å². The van der Waals surface area contributed by atoms with Crippen molar-refractivity contribution < 1.29 is 14.3 Å². The van der Waals surface area contributed by atoms with E-state index >= 15 is 0 Å². The number of thiocarbonyl (C=S) groups is 1. The minimum absolute atomic E-state index is 0.390. The molecule has 0 unspecified atom stereocenters. The molecule has 2 rings (SSSR count). The first-order chi connectivity index (χ1) is 11.5. The molecule has 0 fully saturated rings. The predicted molar refractivity (Wildman–Crippen MR) is 100.0 cm³/mol. The molecule has 0 amide bonds. The second-order valence-electron chi connectivity index (χ2n) is 5.03. The molecular weight excluding hydrogens is 324 g/mol. The zero-order valence-electron chi connectivity index (χ0n) is 13.9. The molecule has 126 valence electrons. The Hall–Kier alpha value is -2.60. The zero-order chi connectivity index (χ0) is 17.5. The summed E-state index contributed by atoms with van der Waals surface area (Å²) in [6.07, 6.45) is 0. The Bertz CT molecular complexity index is 747. The average molecular weight is 344 g/mol. The van der Waals surface area contributed by atoms with Crippen molar-refractivity contribution in [3.8, 4) is 5.75 Å². The summed E-state index contributed by atoms with van der Waals surface area (Å²) in [6, 6.07) is 12.8. The number of rotatable bonds is 5. The van der Waals surface area contributed by atoms with Crippen molar-refractivity contribution in [1.29, 1.82) is 0 Å². The van der Waals surface area contributed by atoms with E-state index < -0.39 is 5.97 Å². The van der Waals surface area contributed by atoms with Gasteiger partial charge in [-0.3, -0.25) is 0 Å². The topological polar surface area (TPSA) is 59.6 Å². The number of hydrogen-bond donors (Lipinski definition) is 2. The number of anilines is 2. The fourth-order valence-electron chi connectivity index (χ4n) is 2.13. The van der Waals surface area contributed by atoms with Gasteiger partial charge in [-0.2, -0.15) is 0 Å². The van der Waals surface area contributed by atoms with Gasteiger partial charge in [0.1, 0.15) is 5.75 Å². The minimum atomic E-state index is -0.390. The van der Waals surface area contributed by atoms with E-state index in [0.29, 0.717) is 17.3 Å². The third kappa shape index (κ3) is 4.45. The number of aryl methyl sites for hydroxylation is 1. The highest BCUT2D eigenvalue weighted by Crippen LogP contribution is 2.24. The molecule has 0 saturated heterocycles. The third-order valence-electron chi connectivity index (χ3n) is 3.34. The Morgan fingerprint density at radius 3 is 2.54 bits per heavy atom. The first kappa shape index (κ1) is 17.7. The lowest BCUT2D eigenvalue weighted by Gasteiger charge is -2.15. The van der Waals surface area contributed by atoms with Crippen LogP contribution >= 0.6 is 12.2 Å². The highest BCUT2D eigenvalue weighted by Gasteiger charge is 2.10. The van der Waals surface area contributed by atoms with Gasteiger partial charge >= 0.3 is 5.97 Å². The SMILES string of the molecule is CCOc1ccccc1NC(=S)Nc1cc(C(=O)OC)ccc1C. The molecular formula is C18H20N2O3S. The van der Waals surface area contributed by atoms with Crippen LogP contribution in [0.2, 0.25) is 0 Å². The van der Waals surface area contributed by atoms with Gasteiger partial charge in [-0.25, -0.2) is 4.79 Å². The smallest absolute Gasteiger partial charge is 0.337 e. The standard InChI is InChI=1S/C18H20N2O3S/c1-4-23-16-8-6-5-7-14(16)19-18(24)20-15-11-13(17(21)22-3)10-9-12(15)2/h5-11H,4H2,1-3H3,(H2,19,20,24). The molecule has 0 aliphatic carbocycles. The van der Waals surface area contributed by atoms with E-state index in [1.54, 1.807) is 12.1 Å². The number of para-hydroxylation sites is 2. The molecule has 2 aromatic carbocycles. The molecule has 0 radical (unpaired) electrons. The van der Waals surface area contributed by atoms with Crippen LogP contribution in [0.25, 0.3) is 0 Å². The van der Waals surface area contributed by atoms with Crippen LogP contribution in [-0.4, -0.2) is 24.8 Å². The summed E-state index contributed by atoms with van der Waals surface area (Å²) in [5, 5.41) is 6.63. The molecule has 0 atom stereocenters. The van der Waals surface area contributed by atoms with Crippen LogP contribution in [0.5, 0.6) is 5.75 Å². The molecule has 0 spiro atoms. The number of carbonyl (C=O) groups excluding carboxylic acids is 1. The van der Waals surface area contributed by atoms with Gasteiger partial charge in [-0.05, 0) is 55.9 Å². The van der Waals surface area contributed by atoms with E-state index in [9.17, 15) is 4.79 Å². The van der Waals surface area contributed by atoms with Crippen molar-refractivity contribution >= 4 is 34.7 Å². The lowest BCUT2D eigenvalue weighted by molar-refractivity contribution is 0.0601. The number of hydrogen-bond acceptors (Lipinski definition) is 4. The van der Waals surface area contributed by atoms with Crippen LogP contribution < -0.4 is 15.4 Å². The molecule has 0 saturated carbocycles. The normalized spacial score (nSPS) is 9.96. The minimum Gasteiger partial charge on any atom is -0.492 e. The molecule has 5 nitrogen and oxygen atoms in total. The molecule has 0 heterocycles. The van der Waals surface area contributed by atoms with Crippen molar-refractivity contribution in [2.75, 3.05) is 24.4 Å². The molecule has 6 heteroatoms. The van der Waals surface area contributed by atoms with Gasteiger partial charge in [0.05, 0.1) is 25.0 Å². The summed E-state index contributed by atoms with van der Waals surface area (Å²) in [5.74, 6) is 0.336. The maximum absolute atomic E-state index is 11.7. The van der Waals surface area contributed by atoms with Crippen molar-refractivity contribution in [3.63, 3.8) is 0 Å². The summed E-state index contributed by atoms with van der Waals surface area (Å²) >= 11 is 5.36. The fraction of sp³-hybridized carbons (Fsp3) is 0.222. The second-order valence-corrected chi connectivity index (χ2v) is 5.44. The van der Waals surface area contributed by atoms with E-state index in [1.165, 1.54) is 7.11 Å². The van der Waals surface area contributed by atoms with Gasteiger partial charge in [-0.15, -0.1) is 0 Å². The Morgan fingerprint density at radius 2 is 1.83 bits per heavy atom. The van der Waals surface area contributed by atoms with Crippen LogP contribution in [0.15, 0.2) is 42.5 Å². The monoisotopic (exact) mass is 344 g/mol. The second kappa shape index (κ2) is 8.31. The number of ether oxygens (including phenoxy) is 2. The van der Waals surface area contributed by atoms with Crippen LogP contribution in [0.4, 0.5) is 11.4 Å². The van der Waals surface area contributed by atoms with E-state index in [1.807, 2.05) is 44.2 Å². The summed E-state index contributed by atoms with van der Waals surface area (Å²) in [4.78, 5) is 11.7. The zero-order valence-corrected chi connectivity index (χ0v) is 14.7. The van der Waals surface area contributed by atoms with E-state index in [0.717, 1.165) is 22.7 Å². The molecule has 2 N–H and O–H groups in total. The Balaban J connectivity index is 2.14. The van der Waals surface area contributed by atoms with Gasteiger partial charge in [0.2, 0.25) is 0 Å². The lowest BCUT2D eigenvalue weighted by atomic mass is 10.1. The van der Waals surface area contributed by atoms with Crippen molar-refractivity contribution in [2.24, 2.45) is 0 Å². The number of carbonyl (C=O) groups is 1. The maximum atomic E-state index is 11.7. The quantitative estimate of drug-likeness (QED) is 0.632. The van der Waals surface area contributed by atoms with Gasteiger partial charge in [-0.1, -0.05) is 18.2 Å². The van der Waals surface area contributed by atoms with E-state index in [4.69, 9.17) is 21.7 Å². The number of nitrogens with one attached hydrogen (secondary N) is 2. The van der Waals surface area contributed by atoms with E-state index in [2.05, 4.69) is 10.6 Å². The summed E-state index contributed by atoms with van der Waals surface area (Å²) in [7, 11) is 1.35. The molecule has 0 aromatic heterocycles. The largest absolute Gasteiger partial charge is 0.492 e. The maximum Gasteiger partial charge on any atom is 0.337 e. The van der Waals surface area contributed by atoms with Crippen LogP contribution in [0, 0.1) is 6.92 Å². The van der Waals surface area contributed by atoms with Crippen molar-refractivity contribution in [1.82, 2.24) is 0 Å². The molecule has 0 aliphatic heterocycles. The molecule has 0 aliphatic rings. The highest BCUT2D eigenvalue weighted by atomic mass is 32.1. The number of esters is 1. The fourth-order valence-corrected chi connectivity index (χ4v) is 2.35. The van der Waals surface area contributed by atoms with Gasteiger partial charge < -0.3 is 20.1 Å². The lowest BCUT2D eigenvalue weighted by Crippen LogP contribution is -2.20. The molecule has 24 heavy (non-hydrogen) atoms. The Labute approximate surface area is 147 Å². The average Bonchev–Trinajstić information content (AvgIpc) is 2.58. The van der Waals surface area contributed by atoms with Crippen LogP contribution in [0.1, 0.15) is 22.8 Å². The molecule has 2 aromatic rings. The summed E-state index contributed by atoms with van der Waals surface area (Å²) in [5.41, 5.74) is 2.94. The Kier molecular flexibility index (Phi) is 6.14. The Morgan fingerprint density at radius 1 is 1.12 bits per heavy atom. The number of methoxy groups -OCH3 is 1. The first-order valence-electron chi connectivity index (χ1n) is 7.54. The van der Waals surface area contributed by atoms with Crippen molar-refractivity contribution in [3.05, 3.63) is 53.6 Å². The van der Waals surface area contributed by atoms with Gasteiger partial charge in [0.15, 0.2) is 5.11 Å². The number of benzene rings is 2. The van der Waals surface area contributed by atoms with Crippen molar-refractivity contribution in [2.45, 2.75) is 13.8 Å². The van der Waals surface area contributed by atoms with Crippen LogP contribution in [-0.2, 0) is 4.74 Å². The third-order valence-corrected chi connectivity index (χ3v) is 3.55. The molecule has 0 bridgehead atoms.